The van der Waals surface area contributed by atoms with E-state index in [1.807, 2.05) is 10.6 Å². The number of methoxy groups -OCH3 is 2. The van der Waals surface area contributed by atoms with E-state index in [4.69, 9.17) is 21.7 Å². The van der Waals surface area contributed by atoms with Gasteiger partial charge in [0.15, 0.2) is 22.1 Å². The molecule has 0 bridgehead atoms. The second kappa shape index (κ2) is 7.66. The van der Waals surface area contributed by atoms with Gasteiger partial charge in [0.1, 0.15) is 6.54 Å². The summed E-state index contributed by atoms with van der Waals surface area (Å²) in [5.74, 6) is 1.54. The predicted molar refractivity (Wildman–Crippen MR) is 119 cm³/mol. The lowest BCUT2D eigenvalue weighted by atomic mass is 10.1. The van der Waals surface area contributed by atoms with E-state index in [1.54, 1.807) is 25.4 Å². The van der Waals surface area contributed by atoms with Crippen molar-refractivity contribution in [1.82, 2.24) is 24.5 Å². The first-order chi connectivity index (χ1) is 15.1. The van der Waals surface area contributed by atoms with Crippen LogP contribution in [0.25, 0.3) is 10.8 Å². The summed E-state index contributed by atoms with van der Waals surface area (Å²) in [7, 11) is 3.06. The van der Waals surface area contributed by atoms with Gasteiger partial charge >= 0.3 is 0 Å². The second-order valence-corrected chi connectivity index (χ2v) is 7.83. The highest BCUT2D eigenvalue weighted by molar-refractivity contribution is 7.71. The lowest BCUT2D eigenvalue weighted by Gasteiger charge is -2.16. The molecule has 158 valence electrons. The van der Waals surface area contributed by atoms with Crippen LogP contribution in [0.15, 0.2) is 47.4 Å². The highest BCUT2D eigenvalue weighted by Crippen LogP contribution is 2.35. The molecule has 0 amide bonds. The van der Waals surface area contributed by atoms with E-state index in [-0.39, 0.29) is 18.1 Å². The van der Waals surface area contributed by atoms with Crippen molar-refractivity contribution in [2.75, 3.05) is 14.2 Å². The molecule has 5 rings (SSSR count). The Labute approximate surface area is 183 Å². The summed E-state index contributed by atoms with van der Waals surface area (Å²) in [6.07, 6.45) is 3.57. The molecular weight excluding hydrogens is 414 g/mol. The molecule has 0 radical (unpaired) electrons. The maximum atomic E-state index is 13.3. The Kier molecular flexibility index (Phi) is 4.82. The Morgan fingerprint density at radius 3 is 2.84 bits per heavy atom. The summed E-state index contributed by atoms with van der Waals surface area (Å²) in [4.78, 5) is 13.3. The number of aromatic nitrogens is 5. The minimum absolute atomic E-state index is 0.0863. The lowest BCUT2D eigenvalue weighted by Crippen LogP contribution is -2.26. The summed E-state index contributed by atoms with van der Waals surface area (Å²) < 4.78 is 14.7. The second-order valence-electron chi connectivity index (χ2n) is 7.44. The van der Waals surface area contributed by atoms with E-state index in [9.17, 15) is 4.79 Å². The van der Waals surface area contributed by atoms with Gasteiger partial charge in [-0.05, 0) is 48.3 Å². The van der Waals surface area contributed by atoms with Crippen LogP contribution in [0.4, 0.5) is 0 Å². The lowest BCUT2D eigenvalue weighted by molar-refractivity contribution is 0.358. The Bertz CT molecular complexity index is 1400. The van der Waals surface area contributed by atoms with Crippen LogP contribution < -0.4 is 15.0 Å². The van der Waals surface area contributed by atoms with Gasteiger partial charge in [0.05, 0.1) is 31.8 Å². The third-order valence-corrected chi connectivity index (χ3v) is 6.13. The number of rotatable bonds is 5. The van der Waals surface area contributed by atoms with Gasteiger partial charge in [-0.1, -0.05) is 24.3 Å². The minimum atomic E-state index is -0.277. The summed E-state index contributed by atoms with van der Waals surface area (Å²) in [6.45, 7) is 0.181. The first-order valence-electron chi connectivity index (χ1n) is 9.96. The van der Waals surface area contributed by atoms with Gasteiger partial charge in [0, 0.05) is 5.39 Å². The molecule has 31 heavy (non-hydrogen) atoms. The molecule has 1 N–H and O–H groups in total. The highest BCUT2D eigenvalue weighted by Gasteiger charge is 2.27. The standard InChI is InChI=1S/C22H21N5O3S/c1-29-17-10-8-14-11-23-26(21(28)19(14)20(17)30-2)12-18-24-25-22(31)27(18)16-9-7-13-5-3-4-6-15(13)16/h3-6,8,10-11,16H,7,9,12H2,1-2H3,(H,25,31). The predicted octanol–water partition coefficient (Wildman–Crippen LogP) is 3.25. The van der Waals surface area contributed by atoms with E-state index in [2.05, 4.69) is 33.5 Å². The molecule has 8 nitrogen and oxygen atoms in total. The van der Waals surface area contributed by atoms with Gasteiger partial charge in [0.2, 0.25) is 0 Å². The SMILES string of the molecule is COc1ccc2cnn(Cc3n[nH]c(=S)n3C3CCc4ccccc43)c(=O)c2c1OC. The average molecular weight is 436 g/mol. The molecule has 1 atom stereocenters. The molecule has 2 aromatic heterocycles. The maximum Gasteiger partial charge on any atom is 0.278 e. The van der Waals surface area contributed by atoms with Crippen LogP contribution in [0.5, 0.6) is 11.5 Å². The molecule has 4 aromatic rings. The first-order valence-corrected chi connectivity index (χ1v) is 10.4. The van der Waals surface area contributed by atoms with Gasteiger partial charge < -0.3 is 9.47 Å². The number of nitrogens with one attached hydrogen (secondary N) is 1. The van der Waals surface area contributed by atoms with Crippen LogP contribution in [0, 0.1) is 4.77 Å². The summed E-state index contributed by atoms with van der Waals surface area (Å²) in [5, 5.41) is 12.8. The number of nitrogens with zero attached hydrogens (tertiary/aromatic N) is 4. The number of aromatic amines is 1. The quantitative estimate of drug-likeness (QED) is 0.484. The van der Waals surface area contributed by atoms with Crippen molar-refractivity contribution in [1.29, 1.82) is 0 Å². The third kappa shape index (κ3) is 3.12. The monoisotopic (exact) mass is 435 g/mol. The van der Waals surface area contributed by atoms with Gasteiger partial charge in [-0.2, -0.15) is 10.2 Å². The smallest absolute Gasteiger partial charge is 0.278 e. The number of H-pyrrole nitrogens is 1. The summed E-state index contributed by atoms with van der Waals surface area (Å²) in [5.41, 5.74) is 2.28. The molecular formula is C22H21N5O3S. The Hall–Kier alpha value is -3.46. The number of fused-ring (bicyclic) bond motifs is 2. The topological polar surface area (TPSA) is 87.0 Å². The van der Waals surface area contributed by atoms with Crippen molar-refractivity contribution in [2.24, 2.45) is 0 Å². The fourth-order valence-electron chi connectivity index (χ4n) is 4.40. The van der Waals surface area contributed by atoms with E-state index in [1.165, 1.54) is 22.9 Å². The van der Waals surface area contributed by atoms with Crippen LogP contribution in [-0.4, -0.2) is 38.8 Å². The largest absolute Gasteiger partial charge is 0.493 e. The zero-order valence-electron chi connectivity index (χ0n) is 17.2. The summed E-state index contributed by atoms with van der Waals surface area (Å²) >= 11 is 5.54. The van der Waals surface area contributed by atoms with Crippen molar-refractivity contribution in [3.05, 3.63) is 74.7 Å². The number of benzene rings is 2. The summed E-state index contributed by atoms with van der Waals surface area (Å²) in [6, 6.07) is 12.0. The van der Waals surface area contributed by atoms with Gasteiger partial charge in [-0.25, -0.2) is 4.68 Å². The molecule has 1 aliphatic carbocycles. The normalized spacial score (nSPS) is 15.2. The number of ether oxygens (including phenoxy) is 2. The van der Waals surface area contributed by atoms with Gasteiger partial charge in [0.25, 0.3) is 5.56 Å². The zero-order chi connectivity index (χ0) is 21.5. The van der Waals surface area contributed by atoms with Crippen LogP contribution in [0.3, 0.4) is 0 Å². The molecule has 0 spiro atoms. The molecule has 1 aliphatic rings. The van der Waals surface area contributed by atoms with E-state index < -0.39 is 0 Å². The van der Waals surface area contributed by atoms with Crippen LogP contribution in [0.2, 0.25) is 0 Å². The fourth-order valence-corrected chi connectivity index (χ4v) is 4.68. The molecule has 1 unspecified atom stereocenters. The minimum Gasteiger partial charge on any atom is -0.493 e. The third-order valence-electron chi connectivity index (χ3n) is 5.84. The van der Waals surface area contributed by atoms with Crippen molar-refractivity contribution >= 4 is 23.0 Å². The van der Waals surface area contributed by atoms with E-state index in [0.717, 1.165) is 12.8 Å². The Balaban J connectivity index is 1.60. The molecule has 0 aliphatic heterocycles. The van der Waals surface area contributed by atoms with Gasteiger partial charge in [-0.15, -0.1) is 0 Å². The number of hydrogen-bond acceptors (Lipinski definition) is 6. The van der Waals surface area contributed by atoms with Crippen LogP contribution in [-0.2, 0) is 13.0 Å². The molecule has 0 fully saturated rings. The Morgan fingerprint density at radius 2 is 2.03 bits per heavy atom. The molecule has 0 saturated carbocycles. The molecule has 9 heteroatoms. The Morgan fingerprint density at radius 1 is 1.19 bits per heavy atom. The van der Waals surface area contributed by atoms with Crippen molar-refractivity contribution in [2.45, 2.75) is 25.4 Å². The average Bonchev–Trinajstić information content (AvgIpc) is 3.37. The number of aryl methyl sites for hydroxylation is 1. The maximum absolute atomic E-state index is 13.3. The van der Waals surface area contributed by atoms with E-state index >= 15 is 0 Å². The fraction of sp³-hybridized carbons (Fsp3) is 0.273. The zero-order valence-corrected chi connectivity index (χ0v) is 18.0. The van der Waals surface area contributed by atoms with E-state index in [0.29, 0.717) is 32.9 Å². The molecule has 2 heterocycles. The van der Waals surface area contributed by atoms with Crippen LogP contribution >= 0.6 is 12.2 Å². The van der Waals surface area contributed by atoms with Crippen LogP contribution in [0.1, 0.15) is 29.4 Å². The van der Waals surface area contributed by atoms with Crippen molar-refractivity contribution < 1.29 is 9.47 Å². The van der Waals surface area contributed by atoms with Crippen molar-refractivity contribution in [3.8, 4) is 11.5 Å². The van der Waals surface area contributed by atoms with Crippen molar-refractivity contribution in [3.63, 3.8) is 0 Å². The number of hydrogen-bond donors (Lipinski definition) is 1. The van der Waals surface area contributed by atoms with Gasteiger partial charge in [-0.3, -0.25) is 14.5 Å². The first kappa shape index (κ1) is 19.5. The molecule has 2 aromatic carbocycles. The highest BCUT2D eigenvalue weighted by atomic mass is 32.1. The molecule has 0 saturated heterocycles.